The zero-order valence-corrected chi connectivity index (χ0v) is 17.3. The summed E-state index contributed by atoms with van der Waals surface area (Å²) in [4.78, 5) is 26.4. The summed E-state index contributed by atoms with van der Waals surface area (Å²) >= 11 is 6.68. The van der Waals surface area contributed by atoms with Crippen molar-refractivity contribution in [3.8, 4) is 5.69 Å². The maximum atomic E-state index is 12.7. The molecule has 2 heterocycles. The predicted molar refractivity (Wildman–Crippen MR) is 106 cm³/mol. The molecule has 1 aliphatic rings. The number of hydrogen-bond acceptors (Lipinski definition) is 4. The fourth-order valence-corrected chi connectivity index (χ4v) is 3.60. The van der Waals surface area contributed by atoms with Crippen LogP contribution in [0.3, 0.4) is 0 Å². The minimum Gasteiger partial charge on any atom is -0.463 e. The van der Waals surface area contributed by atoms with Crippen molar-refractivity contribution in [1.29, 1.82) is 0 Å². The number of benzene rings is 1. The summed E-state index contributed by atoms with van der Waals surface area (Å²) in [5.74, 6) is -0.490. The van der Waals surface area contributed by atoms with Gasteiger partial charge in [-0.1, -0.05) is 29.3 Å². The largest absolute Gasteiger partial charge is 0.463 e. The van der Waals surface area contributed by atoms with Crippen molar-refractivity contribution >= 4 is 23.6 Å². The Labute approximate surface area is 168 Å². The van der Waals surface area contributed by atoms with Gasteiger partial charge in [0.2, 0.25) is 0 Å². The van der Waals surface area contributed by atoms with Crippen molar-refractivity contribution in [2.75, 3.05) is 13.7 Å². The molecule has 1 aliphatic heterocycles. The first-order valence-electron chi connectivity index (χ1n) is 9.00. The SMILES string of the molecule is CCOC(=O)C1=C(C)N(C)C(=O)N[C@@H]1c1c(C)nn(-c2ccc(C)cc2)c1Cl. The fraction of sp³-hybridized carbons (Fsp3) is 0.350. The minimum absolute atomic E-state index is 0.231. The molecule has 2 aromatic rings. The Kier molecular flexibility index (Phi) is 5.47. The van der Waals surface area contributed by atoms with Crippen molar-refractivity contribution in [2.45, 2.75) is 33.7 Å². The number of carbonyl (C=O) groups is 2. The molecular weight excluding hydrogens is 380 g/mol. The number of ether oxygens (including phenoxy) is 1. The highest BCUT2D eigenvalue weighted by atomic mass is 35.5. The quantitative estimate of drug-likeness (QED) is 0.791. The number of hydrogen-bond donors (Lipinski definition) is 1. The van der Waals surface area contributed by atoms with Gasteiger partial charge in [-0.05, 0) is 39.8 Å². The molecule has 1 N–H and O–H groups in total. The number of halogens is 1. The molecule has 0 bridgehead atoms. The monoisotopic (exact) mass is 402 g/mol. The summed E-state index contributed by atoms with van der Waals surface area (Å²) in [6.45, 7) is 7.48. The van der Waals surface area contributed by atoms with Gasteiger partial charge < -0.3 is 15.0 Å². The van der Waals surface area contributed by atoms with Crippen LogP contribution in [0.2, 0.25) is 5.15 Å². The number of urea groups is 1. The van der Waals surface area contributed by atoms with E-state index < -0.39 is 12.0 Å². The van der Waals surface area contributed by atoms with E-state index in [1.165, 1.54) is 4.90 Å². The average Bonchev–Trinajstić information content (AvgIpc) is 2.94. The van der Waals surface area contributed by atoms with Crippen LogP contribution in [-0.4, -0.2) is 40.3 Å². The smallest absolute Gasteiger partial charge is 0.338 e. The number of nitrogens with zero attached hydrogens (tertiary/aromatic N) is 3. The summed E-state index contributed by atoms with van der Waals surface area (Å²) in [6.07, 6.45) is 0. The van der Waals surface area contributed by atoms with E-state index in [-0.39, 0.29) is 12.6 Å². The summed E-state index contributed by atoms with van der Waals surface area (Å²) in [5, 5.41) is 7.73. The Morgan fingerprint density at radius 3 is 2.50 bits per heavy atom. The second kappa shape index (κ2) is 7.67. The van der Waals surface area contributed by atoms with Gasteiger partial charge in [0.1, 0.15) is 5.15 Å². The van der Waals surface area contributed by atoms with Crippen LogP contribution >= 0.6 is 11.6 Å². The number of carbonyl (C=O) groups excluding carboxylic acids is 2. The third kappa shape index (κ3) is 3.38. The van der Waals surface area contributed by atoms with Gasteiger partial charge in [-0.3, -0.25) is 0 Å². The van der Waals surface area contributed by atoms with Crippen LogP contribution in [0.4, 0.5) is 4.79 Å². The molecule has 1 aromatic heterocycles. The third-order valence-electron chi connectivity index (χ3n) is 4.86. The van der Waals surface area contributed by atoms with Crippen molar-refractivity contribution in [3.05, 3.63) is 57.5 Å². The van der Waals surface area contributed by atoms with Crippen LogP contribution in [0, 0.1) is 13.8 Å². The van der Waals surface area contributed by atoms with Gasteiger partial charge >= 0.3 is 12.0 Å². The molecule has 0 unspecified atom stereocenters. The Morgan fingerprint density at radius 2 is 1.89 bits per heavy atom. The summed E-state index contributed by atoms with van der Waals surface area (Å²) in [7, 11) is 1.60. The van der Waals surface area contributed by atoms with Crippen LogP contribution < -0.4 is 5.32 Å². The number of rotatable bonds is 4. The molecule has 8 heteroatoms. The highest BCUT2D eigenvalue weighted by Crippen LogP contribution is 2.37. The standard InChI is InChI=1S/C20H23ClN4O3/c1-6-28-19(26)16-13(4)24(5)20(27)22-17(16)15-12(3)23-25(18(15)21)14-9-7-11(2)8-10-14/h7-10,17H,6H2,1-5H3,(H,22,27)/t17-/m1/s1. The van der Waals surface area contributed by atoms with Gasteiger partial charge in [-0.2, -0.15) is 5.10 Å². The van der Waals surface area contributed by atoms with Gasteiger partial charge in [0.05, 0.1) is 29.6 Å². The molecule has 0 radical (unpaired) electrons. The van der Waals surface area contributed by atoms with Crippen LogP contribution in [0.15, 0.2) is 35.5 Å². The van der Waals surface area contributed by atoms with Crippen molar-refractivity contribution in [3.63, 3.8) is 0 Å². The van der Waals surface area contributed by atoms with Gasteiger partial charge in [-0.15, -0.1) is 0 Å². The van der Waals surface area contributed by atoms with Crippen LogP contribution in [-0.2, 0) is 9.53 Å². The topological polar surface area (TPSA) is 76.5 Å². The highest BCUT2D eigenvalue weighted by molar-refractivity contribution is 6.31. The molecule has 2 amide bonds. The van der Waals surface area contributed by atoms with E-state index in [9.17, 15) is 9.59 Å². The molecule has 148 valence electrons. The van der Waals surface area contributed by atoms with Crippen LogP contribution in [0.1, 0.15) is 36.7 Å². The second-order valence-corrected chi connectivity index (χ2v) is 7.06. The lowest BCUT2D eigenvalue weighted by molar-refractivity contribution is -0.139. The summed E-state index contributed by atoms with van der Waals surface area (Å²) in [6, 6.07) is 6.70. The number of allylic oxidation sites excluding steroid dienone is 1. The zero-order chi connectivity index (χ0) is 20.6. The van der Waals surface area contributed by atoms with Crippen molar-refractivity contribution < 1.29 is 14.3 Å². The number of nitrogens with one attached hydrogen (secondary N) is 1. The first-order valence-corrected chi connectivity index (χ1v) is 9.38. The molecule has 1 aromatic carbocycles. The Balaban J connectivity index is 2.14. The molecule has 0 aliphatic carbocycles. The number of amides is 2. The molecule has 7 nitrogen and oxygen atoms in total. The van der Waals surface area contributed by atoms with Crippen molar-refractivity contribution in [2.24, 2.45) is 0 Å². The van der Waals surface area contributed by atoms with Crippen molar-refractivity contribution in [1.82, 2.24) is 20.0 Å². The number of aromatic nitrogens is 2. The molecule has 0 fully saturated rings. The first kappa shape index (κ1) is 19.9. The zero-order valence-electron chi connectivity index (χ0n) is 16.5. The second-order valence-electron chi connectivity index (χ2n) is 6.70. The summed E-state index contributed by atoms with van der Waals surface area (Å²) in [5.41, 5.74) is 3.97. The maximum Gasteiger partial charge on any atom is 0.338 e. The van der Waals surface area contributed by atoms with E-state index in [1.54, 1.807) is 32.5 Å². The summed E-state index contributed by atoms with van der Waals surface area (Å²) < 4.78 is 6.83. The van der Waals surface area contributed by atoms with Crippen LogP contribution in [0.25, 0.3) is 5.69 Å². The number of esters is 1. The predicted octanol–water partition coefficient (Wildman–Crippen LogP) is 3.68. The first-order chi connectivity index (χ1) is 13.3. The van der Waals surface area contributed by atoms with Gasteiger partial charge in [0.15, 0.2) is 0 Å². The van der Waals surface area contributed by atoms with E-state index in [1.807, 2.05) is 31.2 Å². The minimum atomic E-state index is -0.741. The fourth-order valence-electron chi connectivity index (χ4n) is 3.22. The maximum absolute atomic E-state index is 12.7. The lowest BCUT2D eigenvalue weighted by Gasteiger charge is -2.33. The lowest BCUT2D eigenvalue weighted by Crippen LogP contribution is -2.46. The molecular formula is C20H23ClN4O3. The molecule has 0 spiro atoms. The normalized spacial score (nSPS) is 17.0. The van der Waals surface area contributed by atoms with Gasteiger partial charge in [0.25, 0.3) is 0 Å². The molecule has 3 rings (SSSR count). The van der Waals surface area contributed by atoms with E-state index in [4.69, 9.17) is 16.3 Å². The molecule has 0 saturated heterocycles. The molecule has 1 atom stereocenters. The van der Waals surface area contributed by atoms with Gasteiger partial charge in [-0.25, -0.2) is 14.3 Å². The molecule has 28 heavy (non-hydrogen) atoms. The van der Waals surface area contributed by atoms with E-state index in [2.05, 4.69) is 10.4 Å². The number of aryl methyl sites for hydroxylation is 2. The highest BCUT2D eigenvalue weighted by Gasteiger charge is 2.38. The Bertz CT molecular complexity index is 963. The lowest BCUT2D eigenvalue weighted by atomic mass is 9.95. The van der Waals surface area contributed by atoms with Crippen LogP contribution in [0.5, 0.6) is 0 Å². The average molecular weight is 403 g/mol. The Hall–Kier alpha value is -2.80. The van der Waals surface area contributed by atoms with E-state index >= 15 is 0 Å². The molecule has 0 saturated carbocycles. The van der Waals surface area contributed by atoms with E-state index in [0.717, 1.165) is 11.3 Å². The van der Waals surface area contributed by atoms with Gasteiger partial charge in [0, 0.05) is 18.3 Å². The third-order valence-corrected chi connectivity index (χ3v) is 5.23. The Morgan fingerprint density at radius 1 is 1.25 bits per heavy atom. The van der Waals surface area contributed by atoms with E-state index in [0.29, 0.717) is 27.7 Å².